The molecule has 0 radical (unpaired) electrons. The number of aromatic nitrogens is 3. The molecular formula is C13H21N5O2. The number of nitrogens with one attached hydrogen (secondary N) is 1. The highest BCUT2D eigenvalue weighted by atomic mass is 16.2. The predicted molar refractivity (Wildman–Crippen MR) is 72.4 cm³/mol. The number of rotatable bonds is 4. The Morgan fingerprint density at radius 1 is 1.50 bits per heavy atom. The lowest BCUT2D eigenvalue weighted by atomic mass is 9.98. The van der Waals surface area contributed by atoms with Crippen LogP contribution in [0.2, 0.25) is 0 Å². The number of hydrogen-bond acceptors (Lipinski definition) is 4. The van der Waals surface area contributed by atoms with Crippen molar-refractivity contribution < 1.29 is 9.59 Å². The molecule has 110 valence electrons. The van der Waals surface area contributed by atoms with Gasteiger partial charge in [0.05, 0.1) is 6.54 Å². The second-order valence-electron chi connectivity index (χ2n) is 5.24. The first-order valence-corrected chi connectivity index (χ1v) is 6.94. The van der Waals surface area contributed by atoms with Gasteiger partial charge in [0.1, 0.15) is 18.2 Å². The average Bonchev–Trinajstić information content (AvgIpc) is 2.78. The number of carbonyl (C=O) groups is 2. The molecule has 2 rings (SSSR count). The number of amides is 2. The van der Waals surface area contributed by atoms with Crippen molar-refractivity contribution in [2.75, 3.05) is 6.54 Å². The van der Waals surface area contributed by atoms with Crippen LogP contribution >= 0.6 is 0 Å². The maximum Gasteiger partial charge on any atom is 0.245 e. The number of nitrogens with zero attached hydrogens (tertiary/aromatic N) is 4. The summed E-state index contributed by atoms with van der Waals surface area (Å²) in [6, 6.07) is -0.441. The van der Waals surface area contributed by atoms with E-state index < -0.39 is 6.04 Å². The van der Waals surface area contributed by atoms with Crippen LogP contribution in [-0.2, 0) is 23.2 Å². The van der Waals surface area contributed by atoms with Gasteiger partial charge in [0.15, 0.2) is 0 Å². The third-order valence-electron chi connectivity index (χ3n) is 3.85. The predicted octanol–water partition coefficient (Wildman–Crippen LogP) is 0.0783. The smallest absolute Gasteiger partial charge is 0.245 e. The molecule has 0 aromatic carbocycles. The number of carbonyl (C=O) groups excluding carboxylic acids is 2. The van der Waals surface area contributed by atoms with Crippen LogP contribution in [0, 0.1) is 5.92 Å². The summed E-state index contributed by atoms with van der Waals surface area (Å²) < 4.78 is 1.64. The van der Waals surface area contributed by atoms with Crippen LogP contribution in [-0.4, -0.2) is 44.1 Å². The second-order valence-corrected chi connectivity index (χ2v) is 5.24. The van der Waals surface area contributed by atoms with E-state index in [9.17, 15) is 9.59 Å². The summed E-state index contributed by atoms with van der Waals surface area (Å²) in [6.07, 6.45) is 2.64. The molecule has 2 heterocycles. The molecular weight excluding hydrogens is 258 g/mol. The zero-order valence-electron chi connectivity index (χ0n) is 12.2. The zero-order valence-corrected chi connectivity index (χ0v) is 12.2. The van der Waals surface area contributed by atoms with Crippen molar-refractivity contribution in [2.45, 2.75) is 39.3 Å². The Morgan fingerprint density at radius 3 is 2.85 bits per heavy atom. The van der Waals surface area contributed by atoms with Crippen LogP contribution in [0.4, 0.5) is 0 Å². The first-order valence-electron chi connectivity index (χ1n) is 6.94. The third kappa shape index (κ3) is 2.97. The molecule has 2 atom stereocenters. The van der Waals surface area contributed by atoms with Gasteiger partial charge in [-0.3, -0.25) is 14.3 Å². The van der Waals surface area contributed by atoms with Crippen molar-refractivity contribution >= 4 is 11.8 Å². The summed E-state index contributed by atoms with van der Waals surface area (Å²) >= 11 is 0. The Morgan fingerprint density at radius 2 is 2.25 bits per heavy atom. The lowest BCUT2D eigenvalue weighted by Gasteiger charge is -2.26. The van der Waals surface area contributed by atoms with E-state index in [1.54, 1.807) is 16.6 Å². The van der Waals surface area contributed by atoms with Crippen molar-refractivity contribution in [3.05, 3.63) is 12.2 Å². The molecule has 2 unspecified atom stereocenters. The average molecular weight is 279 g/mol. The van der Waals surface area contributed by atoms with Crippen molar-refractivity contribution in [3.63, 3.8) is 0 Å². The van der Waals surface area contributed by atoms with E-state index in [0.717, 1.165) is 12.2 Å². The summed E-state index contributed by atoms with van der Waals surface area (Å²) in [4.78, 5) is 30.2. The summed E-state index contributed by atoms with van der Waals surface area (Å²) in [5, 5.41) is 6.83. The summed E-state index contributed by atoms with van der Waals surface area (Å²) in [6.45, 7) is 4.80. The van der Waals surface area contributed by atoms with Crippen molar-refractivity contribution in [1.29, 1.82) is 0 Å². The van der Waals surface area contributed by atoms with Gasteiger partial charge in [-0.15, -0.1) is 0 Å². The van der Waals surface area contributed by atoms with Crippen LogP contribution in [0.1, 0.15) is 32.5 Å². The minimum Gasteiger partial charge on any atom is -0.344 e. The van der Waals surface area contributed by atoms with Crippen LogP contribution in [0.15, 0.2) is 6.33 Å². The van der Waals surface area contributed by atoms with E-state index in [2.05, 4.69) is 15.4 Å². The molecule has 1 aliphatic heterocycles. The maximum absolute atomic E-state index is 12.6. The molecule has 7 nitrogen and oxygen atoms in total. The molecule has 2 amide bonds. The first kappa shape index (κ1) is 14.5. The molecule has 1 saturated heterocycles. The Balaban J connectivity index is 2.17. The van der Waals surface area contributed by atoms with E-state index in [-0.39, 0.29) is 17.7 Å². The van der Waals surface area contributed by atoms with E-state index in [1.165, 1.54) is 6.33 Å². The molecule has 0 saturated carbocycles. The fourth-order valence-electron chi connectivity index (χ4n) is 2.26. The van der Waals surface area contributed by atoms with Crippen LogP contribution in [0.5, 0.6) is 0 Å². The number of aryl methyl sites for hydroxylation is 1. The largest absolute Gasteiger partial charge is 0.344 e. The van der Waals surface area contributed by atoms with Gasteiger partial charge in [0, 0.05) is 20.0 Å². The highest BCUT2D eigenvalue weighted by Gasteiger charge is 2.33. The van der Waals surface area contributed by atoms with Gasteiger partial charge >= 0.3 is 0 Å². The minimum absolute atomic E-state index is 0.0341. The lowest BCUT2D eigenvalue weighted by molar-refractivity contribution is -0.135. The first-order chi connectivity index (χ1) is 9.52. The van der Waals surface area contributed by atoms with Gasteiger partial charge in [-0.1, -0.05) is 20.3 Å². The molecule has 0 aliphatic carbocycles. The normalized spacial score (nSPS) is 21.6. The Labute approximate surface area is 118 Å². The summed E-state index contributed by atoms with van der Waals surface area (Å²) in [7, 11) is 1.79. The van der Waals surface area contributed by atoms with E-state index in [1.807, 2.05) is 13.8 Å². The molecule has 0 spiro atoms. The lowest BCUT2D eigenvalue weighted by Crippen LogP contribution is -2.48. The van der Waals surface area contributed by atoms with Crippen molar-refractivity contribution in [2.24, 2.45) is 13.0 Å². The van der Waals surface area contributed by atoms with E-state index in [4.69, 9.17) is 0 Å². The SMILES string of the molecule is CCC(C)C1NC(=O)CCN(Cc2ncnn2C)C1=O. The van der Waals surface area contributed by atoms with E-state index in [0.29, 0.717) is 19.5 Å². The Bertz CT molecular complexity index is 499. The highest BCUT2D eigenvalue weighted by Crippen LogP contribution is 2.15. The summed E-state index contributed by atoms with van der Waals surface area (Å²) in [5.41, 5.74) is 0. The number of hydrogen-bond donors (Lipinski definition) is 1. The topological polar surface area (TPSA) is 80.1 Å². The molecule has 0 bridgehead atoms. The highest BCUT2D eigenvalue weighted by molar-refractivity contribution is 5.90. The van der Waals surface area contributed by atoms with E-state index >= 15 is 0 Å². The summed E-state index contributed by atoms with van der Waals surface area (Å²) in [5.74, 6) is 0.736. The molecule has 1 fully saturated rings. The van der Waals surface area contributed by atoms with Crippen LogP contribution in [0.25, 0.3) is 0 Å². The van der Waals surface area contributed by atoms with Crippen LogP contribution in [0.3, 0.4) is 0 Å². The molecule has 20 heavy (non-hydrogen) atoms. The van der Waals surface area contributed by atoms with Gasteiger partial charge in [-0.05, 0) is 5.92 Å². The molecule has 1 aliphatic rings. The Hall–Kier alpha value is -1.92. The van der Waals surface area contributed by atoms with Crippen molar-refractivity contribution in [3.8, 4) is 0 Å². The van der Waals surface area contributed by atoms with Crippen molar-refractivity contribution in [1.82, 2.24) is 25.0 Å². The van der Waals surface area contributed by atoms with Gasteiger partial charge in [-0.2, -0.15) is 5.10 Å². The zero-order chi connectivity index (χ0) is 14.7. The van der Waals surface area contributed by atoms with Gasteiger partial charge in [-0.25, -0.2) is 4.98 Å². The Kier molecular flexibility index (Phi) is 4.36. The molecule has 1 aromatic rings. The van der Waals surface area contributed by atoms with Gasteiger partial charge in [0.25, 0.3) is 0 Å². The minimum atomic E-state index is -0.441. The monoisotopic (exact) mass is 279 g/mol. The van der Waals surface area contributed by atoms with Crippen LogP contribution < -0.4 is 5.32 Å². The second kappa shape index (κ2) is 6.02. The third-order valence-corrected chi connectivity index (χ3v) is 3.85. The van der Waals surface area contributed by atoms with Gasteiger partial charge < -0.3 is 10.2 Å². The molecule has 1 N–H and O–H groups in total. The standard InChI is InChI=1S/C13H21N5O2/c1-4-9(2)12-13(20)18(6-5-11(19)16-12)7-10-14-8-15-17(10)3/h8-9,12H,4-7H2,1-3H3,(H,16,19). The van der Waals surface area contributed by atoms with Gasteiger partial charge in [0.2, 0.25) is 11.8 Å². The molecule has 1 aromatic heterocycles. The quantitative estimate of drug-likeness (QED) is 0.846. The fourth-order valence-corrected chi connectivity index (χ4v) is 2.26. The maximum atomic E-state index is 12.6. The molecule has 7 heteroatoms. The fraction of sp³-hybridized carbons (Fsp3) is 0.692.